The topological polar surface area (TPSA) is 20.2 Å². The summed E-state index contributed by atoms with van der Waals surface area (Å²) in [7, 11) is 0. The lowest BCUT2D eigenvalue weighted by Gasteiger charge is -2.26. The van der Waals surface area contributed by atoms with Gasteiger partial charge in [-0.25, -0.2) is 0 Å². The van der Waals surface area contributed by atoms with Crippen molar-refractivity contribution in [2.75, 3.05) is 0 Å². The third-order valence-electron chi connectivity index (χ3n) is 16.3. The molecule has 0 aliphatic rings. The largest absolute Gasteiger partial charge is 0.392 e. The quantitative estimate of drug-likeness (QED) is 0.0804. The molecule has 474 valence electrons. The number of benzene rings is 7. The smallest absolute Gasteiger partial charge is 0.0682 e. The molecule has 1 nitrogen and oxygen atoms in total. The van der Waals surface area contributed by atoms with Crippen LogP contribution in [0.3, 0.4) is 0 Å². The van der Waals surface area contributed by atoms with Gasteiger partial charge in [0.25, 0.3) is 0 Å². The van der Waals surface area contributed by atoms with Crippen molar-refractivity contribution in [3.63, 3.8) is 0 Å². The maximum atomic E-state index is 10.8. The minimum atomic E-state index is 0.00313. The standard InChI is InChI=1S/C81H108OS6/c1-74(2,3)60-25-54(26-61(39-60)75(4,5)6)47-83-70-35-58(36-71(44-70)84-48-55-27-62(76(7,8)9)40-63(28-55)77(10,11)12)51-87-68-33-53(46-82)34-69(43-68)88-52-59-37-72(85-49-56-29-64(78(13,14)15)41-65(30-56)79(16,17)18)45-73(38-59)86-50-57-31-66(80(19,20)21)42-67(32-57)81(22,23)24/h25-45,82H,46-52H2,1-24H3. The predicted octanol–water partition coefficient (Wildman–Crippen LogP) is 25.3. The first-order valence-electron chi connectivity index (χ1n) is 31.9. The molecule has 7 aromatic carbocycles. The van der Waals surface area contributed by atoms with Gasteiger partial charge in [-0.15, -0.1) is 70.6 Å². The lowest BCUT2D eigenvalue weighted by molar-refractivity contribution is 0.281. The van der Waals surface area contributed by atoms with E-state index in [1.165, 1.54) is 107 Å². The van der Waals surface area contributed by atoms with Crippen LogP contribution >= 0.6 is 70.6 Å². The second kappa shape index (κ2) is 28.4. The molecule has 7 aromatic rings. The van der Waals surface area contributed by atoms with Crippen LogP contribution in [0.4, 0.5) is 0 Å². The van der Waals surface area contributed by atoms with E-state index in [1.54, 1.807) is 0 Å². The second-order valence-electron chi connectivity index (χ2n) is 33.0. The van der Waals surface area contributed by atoms with Gasteiger partial charge in [0.1, 0.15) is 0 Å². The van der Waals surface area contributed by atoms with Gasteiger partial charge in [-0.05, 0) is 181 Å². The summed E-state index contributed by atoms with van der Waals surface area (Å²) in [6.07, 6.45) is 0. The summed E-state index contributed by atoms with van der Waals surface area (Å²) in [6, 6.07) is 50.6. The summed E-state index contributed by atoms with van der Waals surface area (Å²) >= 11 is 11.6. The number of thioether (sulfide) groups is 6. The molecule has 0 bridgehead atoms. The molecule has 88 heavy (non-hydrogen) atoms. The molecule has 0 atom stereocenters. The summed E-state index contributed by atoms with van der Waals surface area (Å²) in [5.74, 6) is 5.28. The molecular weight excluding hydrogens is 1180 g/mol. The highest BCUT2D eigenvalue weighted by Crippen LogP contribution is 2.42. The molecule has 7 heteroatoms. The van der Waals surface area contributed by atoms with Crippen molar-refractivity contribution in [3.05, 3.63) is 211 Å². The van der Waals surface area contributed by atoms with E-state index in [4.69, 9.17) is 0 Å². The normalized spacial score (nSPS) is 13.2. The molecule has 0 heterocycles. The van der Waals surface area contributed by atoms with Gasteiger partial charge >= 0.3 is 0 Å². The van der Waals surface area contributed by atoms with Gasteiger partial charge in [-0.1, -0.05) is 239 Å². The average Bonchev–Trinajstić information content (AvgIpc) is 2.00. The Balaban J connectivity index is 1.18. The first-order valence-corrected chi connectivity index (χ1v) is 37.8. The van der Waals surface area contributed by atoms with Crippen molar-refractivity contribution < 1.29 is 5.11 Å². The van der Waals surface area contributed by atoms with Crippen molar-refractivity contribution in [1.82, 2.24) is 0 Å². The second-order valence-corrected chi connectivity index (χ2v) is 39.3. The summed E-state index contributed by atoms with van der Waals surface area (Å²) in [5, 5.41) is 10.8. The Morgan fingerprint density at radius 1 is 0.193 bits per heavy atom. The van der Waals surface area contributed by atoms with Crippen LogP contribution in [-0.4, -0.2) is 5.11 Å². The van der Waals surface area contributed by atoms with E-state index in [9.17, 15) is 5.11 Å². The van der Waals surface area contributed by atoms with Crippen LogP contribution in [0.25, 0.3) is 0 Å². The molecule has 0 spiro atoms. The summed E-state index contributed by atoms with van der Waals surface area (Å²) < 4.78 is 0. The van der Waals surface area contributed by atoms with Gasteiger partial charge in [0, 0.05) is 63.9 Å². The Bertz CT molecular complexity index is 2970. The van der Waals surface area contributed by atoms with Gasteiger partial charge in [-0.3, -0.25) is 0 Å². The van der Waals surface area contributed by atoms with Gasteiger partial charge in [-0.2, -0.15) is 0 Å². The van der Waals surface area contributed by atoms with E-state index in [0.29, 0.717) is 0 Å². The van der Waals surface area contributed by atoms with Gasteiger partial charge < -0.3 is 5.11 Å². The number of aliphatic hydroxyl groups excluding tert-OH is 1. The predicted molar refractivity (Wildman–Crippen MR) is 398 cm³/mol. The van der Waals surface area contributed by atoms with Crippen molar-refractivity contribution in [2.24, 2.45) is 0 Å². The number of aliphatic hydroxyl groups is 1. The highest BCUT2D eigenvalue weighted by molar-refractivity contribution is 8.00. The Hall–Kier alpha value is -3.40. The average molecular weight is 1290 g/mol. The van der Waals surface area contributed by atoms with Crippen molar-refractivity contribution in [2.45, 2.75) is 280 Å². The van der Waals surface area contributed by atoms with Crippen LogP contribution in [0.2, 0.25) is 0 Å². The SMILES string of the molecule is CC(C)(C)c1cc(CSc2cc(CSc3cc(CO)cc(SCc4cc(SCc5cc(C(C)(C)C)cc(C(C)(C)C)c5)cc(SCc5cc(C(C)(C)C)cc(C(C)(C)C)c5)c4)c3)cc(SCc3cc(C(C)(C)C)cc(C(C)(C)C)c3)c2)cc(C(C)(C)C)c1. The van der Waals surface area contributed by atoms with Crippen LogP contribution in [0.5, 0.6) is 0 Å². The Labute approximate surface area is 562 Å². The molecule has 0 aromatic heterocycles. The van der Waals surface area contributed by atoms with Crippen LogP contribution < -0.4 is 0 Å². The van der Waals surface area contributed by atoms with Gasteiger partial charge in [0.2, 0.25) is 0 Å². The van der Waals surface area contributed by atoms with Crippen LogP contribution in [0.15, 0.2) is 157 Å². The molecule has 0 fully saturated rings. The third kappa shape index (κ3) is 21.3. The zero-order valence-corrected chi connectivity index (χ0v) is 63.4. The fourth-order valence-electron chi connectivity index (χ4n) is 10.2. The lowest BCUT2D eigenvalue weighted by atomic mass is 9.80. The number of rotatable bonds is 19. The van der Waals surface area contributed by atoms with Crippen LogP contribution in [-0.2, 0) is 84.4 Å². The lowest BCUT2D eigenvalue weighted by Crippen LogP contribution is -2.17. The van der Waals surface area contributed by atoms with Crippen LogP contribution in [0.1, 0.15) is 250 Å². The monoisotopic (exact) mass is 1290 g/mol. The molecule has 0 saturated carbocycles. The molecule has 1 N–H and O–H groups in total. The number of hydrogen-bond donors (Lipinski definition) is 1. The molecule has 0 aliphatic heterocycles. The minimum Gasteiger partial charge on any atom is -0.392 e. The van der Waals surface area contributed by atoms with Crippen molar-refractivity contribution >= 4 is 70.6 Å². The molecule has 0 unspecified atom stereocenters. The first kappa shape index (κ1) is 72.0. The molecule has 7 rings (SSSR count). The van der Waals surface area contributed by atoms with E-state index < -0.39 is 0 Å². The Morgan fingerprint density at radius 3 is 0.466 bits per heavy atom. The zero-order valence-electron chi connectivity index (χ0n) is 58.5. The third-order valence-corrected chi connectivity index (χ3v) is 22.6. The van der Waals surface area contributed by atoms with E-state index in [1.807, 2.05) is 70.6 Å². The highest BCUT2D eigenvalue weighted by Gasteiger charge is 2.26. The minimum absolute atomic E-state index is 0.00313. The molecule has 0 saturated heterocycles. The first-order chi connectivity index (χ1) is 40.5. The Kier molecular flexibility index (Phi) is 23.3. The maximum Gasteiger partial charge on any atom is 0.0682 e. The zero-order chi connectivity index (χ0) is 65.2. The van der Waals surface area contributed by atoms with E-state index in [2.05, 4.69) is 294 Å². The van der Waals surface area contributed by atoms with E-state index >= 15 is 0 Å². The van der Waals surface area contributed by atoms with Gasteiger partial charge in [0.05, 0.1) is 6.61 Å². The van der Waals surface area contributed by atoms with E-state index in [0.717, 1.165) is 40.1 Å². The summed E-state index contributed by atoms with van der Waals surface area (Å²) in [5.41, 5.74) is 20.8. The summed E-state index contributed by atoms with van der Waals surface area (Å²) in [6.45, 7) is 55.9. The molecule has 0 amide bonds. The molecule has 0 radical (unpaired) electrons. The van der Waals surface area contributed by atoms with Gasteiger partial charge in [0.15, 0.2) is 0 Å². The fraction of sp³-hybridized carbons (Fsp3) is 0.481. The van der Waals surface area contributed by atoms with Crippen molar-refractivity contribution in [1.29, 1.82) is 0 Å². The number of hydrogen-bond acceptors (Lipinski definition) is 7. The maximum absolute atomic E-state index is 10.8. The molecule has 0 aliphatic carbocycles. The van der Waals surface area contributed by atoms with Crippen LogP contribution in [0, 0.1) is 0 Å². The summed E-state index contributed by atoms with van der Waals surface area (Å²) in [4.78, 5) is 7.58. The van der Waals surface area contributed by atoms with E-state index in [-0.39, 0.29) is 49.9 Å². The highest BCUT2D eigenvalue weighted by atomic mass is 32.2. The van der Waals surface area contributed by atoms with Crippen molar-refractivity contribution in [3.8, 4) is 0 Å². The Morgan fingerprint density at radius 2 is 0.330 bits per heavy atom. The molecular formula is C81H108OS6. The fourth-order valence-corrected chi connectivity index (χ4v) is 16.1.